The van der Waals surface area contributed by atoms with Gasteiger partial charge in [0.05, 0.1) is 10.9 Å². The van der Waals surface area contributed by atoms with Gasteiger partial charge in [-0.25, -0.2) is 4.90 Å². The molecule has 1 aromatic carbocycles. The van der Waals surface area contributed by atoms with E-state index >= 15 is 0 Å². The molecule has 2 rings (SSSR count). The molecular formula is C14H11F3NO5S-. The Morgan fingerprint density at radius 1 is 1.29 bits per heavy atom. The van der Waals surface area contributed by atoms with Gasteiger partial charge in [0.15, 0.2) is 0 Å². The topological polar surface area (TPSA) is 86.7 Å². The summed E-state index contributed by atoms with van der Waals surface area (Å²) in [5, 5.41) is 9.64. The van der Waals surface area contributed by atoms with Crippen LogP contribution in [-0.4, -0.2) is 35.1 Å². The van der Waals surface area contributed by atoms with E-state index in [9.17, 15) is 32.7 Å². The molecule has 0 aromatic heterocycles. The molecule has 24 heavy (non-hydrogen) atoms. The van der Waals surface area contributed by atoms with Crippen molar-refractivity contribution in [1.82, 2.24) is 0 Å². The fourth-order valence-electron chi connectivity index (χ4n) is 2.09. The Hall–Kier alpha value is -2.23. The molecule has 0 N–H and O–H groups in total. The highest BCUT2D eigenvalue weighted by molar-refractivity contribution is 8.00. The number of carbonyl (C=O) groups is 3. The second kappa shape index (κ2) is 7.12. The van der Waals surface area contributed by atoms with Crippen LogP contribution < -0.4 is 14.7 Å². The van der Waals surface area contributed by atoms with Gasteiger partial charge in [0.1, 0.15) is 5.75 Å². The van der Waals surface area contributed by atoms with E-state index in [1.165, 1.54) is 12.1 Å². The van der Waals surface area contributed by atoms with E-state index in [1.54, 1.807) is 0 Å². The summed E-state index contributed by atoms with van der Waals surface area (Å²) in [5.74, 6) is -2.64. The van der Waals surface area contributed by atoms with Crippen molar-refractivity contribution in [2.75, 3.05) is 10.7 Å². The predicted molar refractivity (Wildman–Crippen MR) is 76.1 cm³/mol. The minimum Gasteiger partial charge on any atom is -0.550 e. The summed E-state index contributed by atoms with van der Waals surface area (Å²) in [6.45, 7) is 0. The van der Waals surface area contributed by atoms with Crippen molar-refractivity contribution in [2.24, 2.45) is 0 Å². The first-order chi connectivity index (χ1) is 11.2. The van der Waals surface area contributed by atoms with E-state index in [0.717, 1.165) is 28.8 Å². The van der Waals surface area contributed by atoms with Crippen molar-refractivity contribution >= 4 is 35.2 Å². The molecule has 1 aliphatic rings. The van der Waals surface area contributed by atoms with Gasteiger partial charge in [0, 0.05) is 12.4 Å². The standard InChI is InChI=1S/C14H12F3NO5S/c15-14(16,17)23-9-3-1-8(2-4-9)18-11(19)7-10(13(18)22)24-6-5-12(20)21/h1-4,10H,5-7H2,(H,20,21)/p-1/t10-/m1/s1. The minimum atomic E-state index is -4.83. The molecule has 1 heterocycles. The number of halogens is 3. The molecule has 0 aliphatic carbocycles. The van der Waals surface area contributed by atoms with E-state index in [-0.39, 0.29) is 24.3 Å². The smallest absolute Gasteiger partial charge is 0.550 e. The van der Waals surface area contributed by atoms with Crippen molar-refractivity contribution in [3.8, 4) is 5.75 Å². The van der Waals surface area contributed by atoms with Crippen LogP contribution in [0.1, 0.15) is 12.8 Å². The lowest BCUT2D eigenvalue weighted by Crippen LogP contribution is -2.31. The zero-order valence-electron chi connectivity index (χ0n) is 12.0. The zero-order valence-corrected chi connectivity index (χ0v) is 12.9. The number of hydrogen-bond donors (Lipinski definition) is 0. The molecule has 1 atom stereocenters. The number of thioether (sulfide) groups is 1. The largest absolute Gasteiger partial charge is 0.573 e. The Labute approximate surface area is 138 Å². The summed E-state index contributed by atoms with van der Waals surface area (Å²) in [5.41, 5.74) is 0.127. The first-order valence-corrected chi connectivity index (χ1v) is 7.76. The van der Waals surface area contributed by atoms with Crippen LogP contribution in [0.25, 0.3) is 0 Å². The monoisotopic (exact) mass is 362 g/mol. The number of anilines is 1. The Balaban J connectivity index is 2.04. The normalized spacial score (nSPS) is 18.1. The van der Waals surface area contributed by atoms with Crippen molar-refractivity contribution in [3.63, 3.8) is 0 Å². The van der Waals surface area contributed by atoms with Crippen LogP contribution in [0.5, 0.6) is 5.75 Å². The lowest BCUT2D eigenvalue weighted by Gasteiger charge is -2.16. The van der Waals surface area contributed by atoms with Crippen LogP contribution in [0, 0.1) is 0 Å². The first-order valence-electron chi connectivity index (χ1n) is 6.71. The number of imide groups is 1. The van der Waals surface area contributed by atoms with Crippen molar-refractivity contribution in [3.05, 3.63) is 24.3 Å². The predicted octanol–water partition coefficient (Wildman–Crippen LogP) is 1.09. The number of carbonyl (C=O) groups excluding carboxylic acids is 3. The molecule has 0 unspecified atom stereocenters. The highest BCUT2D eigenvalue weighted by atomic mass is 32.2. The molecule has 1 saturated heterocycles. The summed E-state index contributed by atoms with van der Waals surface area (Å²) < 4.78 is 40.0. The first kappa shape index (κ1) is 18.1. The third kappa shape index (κ3) is 4.63. The maximum atomic E-state index is 12.2. The van der Waals surface area contributed by atoms with E-state index in [2.05, 4.69) is 4.74 Å². The molecule has 10 heteroatoms. The van der Waals surface area contributed by atoms with Crippen LogP contribution in [0.4, 0.5) is 18.9 Å². The van der Waals surface area contributed by atoms with Crippen molar-refractivity contribution in [2.45, 2.75) is 24.5 Å². The second-order valence-corrected chi connectivity index (χ2v) is 6.11. The number of nitrogens with zero attached hydrogens (tertiary/aromatic N) is 1. The molecule has 0 radical (unpaired) electrons. The van der Waals surface area contributed by atoms with Gasteiger partial charge in [-0.2, -0.15) is 0 Å². The van der Waals surface area contributed by atoms with Gasteiger partial charge in [-0.1, -0.05) is 0 Å². The number of ether oxygens (including phenoxy) is 1. The number of amides is 2. The maximum absolute atomic E-state index is 12.2. The van der Waals surface area contributed by atoms with E-state index < -0.39 is 35.1 Å². The lowest BCUT2D eigenvalue weighted by atomic mass is 10.3. The summed E-state index contributed by atoms with van der Waals surface area (Å²) in [6, 6.07) is 4.34. The summed E-state index contributed by atoms with van der Waals surface area (Å²) in [7, 11) is 0. The van der Waals surface area contributed by atoms with Gasteiger partial charge < -0.3 is 14.6 Å². The van der Waals surface area contributed by atoms with Crippen molar-refractivity contribution < 1.29 is 37.4 Å². The number of carboxylic acid groups (broad SMARTS) is 1. The molecule has 0 bridgehead atoms. The quantitative estimate of drug-likeness (QED) is 0.704. The average Bonchev–Trinajstić information content (AvgIpc) is 2.73. The molecule has 0 spiro atoms. The molecule has 6 nitrogen and oxygen atoms in total. The van der Waals surface area contributed by atoms with Gasteiger partial charge in [-0.3, -0.25) is 9.59 Å². The van der Waals surface area contributed by atoms with Crippen LogP contribution >= 0.6 is 11.8 Å². The molecule has 0 saturated carbocycles. The molecule has 1 aromatic rings. The SMILES string of the molecule is O=C([O-])CCS[C@@H]1CC(=O)N(c2ccc(OC(F)(F)F)cc2)C1=O. The van der Waals surface area contributed by atoms with Crippen molar-refractivity contribution in [1.29, 1.82) is 0 Å². The lowest BCUT2D eigenvalue weighted by molar-refractivity contribution is -0.305. The van der Waals surface area contributed by atoms with E-state index in [1.807, 2.05) is 0 Å². The number of carboxylic acids is 1. The van der Waals surface area contributed by atoms with Gasteiger partial charge in [-0.15, -0.1) is 24.9 Å². The fourth-order valence-corrected chi connectivity index (χ4v) is 3.16. The highest BCUT2D eigenvalue weighted by Crippen LogP contribution is 2.31. The number of rotatable bonds is 6. The number of benzene rings is 1. The number of alkyl halides is 3. The van der Waals surface area contributed by atoms with Crippen LogP contribution in [0.15, 0.2) is 24.3 Å². The van der Waals surface area contributed by atoms with Gasteiger partial charge in [-0.05, 0) is 36.4 Å². The maximum Gasteiger partial charge on any atom is 0.573 e. The van der Waals surface area contributed by atoms with Gasteiger partial charge in [0.2, 0.25) is 11.8 Å². The third-order valence-electron chi connectivity index (χ3n) is 3.06. The third-order valence-corrected chi connectivity index (χ3v) is 4.27. The van der Waals surface area contributed by atoms with E-state index in [0.29, 0.717) is 0 Å². The van der Waals surface area contributed by atoms with Crippen LogP contribution in [0.3, 0.4) is 0 Å². The Morgan fingerprint density at radius 2 is 1.92 bits per heavy atom. The summed E-state index contributed by atoms with van der Waals surface area (Å²) in [4.78, 5) is 35.4. The highest BCUT2D eigenvalue weighted by Gasteiger charge is 2.39. The van der Waals surface area contributed by atoms with Gasteiger partial charge in [0.25, 0.3) is 0 Å². The fraction of sp³-hybridized carbons (Fsp3) is 0.357. The second-order valence-electron chi connectivity index (χ2n) is 4.79. The molecule has 2 amide bonds. The molecule has 130 valence electrons. The zero-order chi connectivity index (χ0) is 17.9. The molecule has 1 aliphatic heterocycles. The molecule has 1 fully saturated rings. The number of aliphatic carboxylic acids is 1. The van der Waals surface area contributed by atoms with Crippen LogP contribution in [-0.2, 0) is 14.4 Å². The molecular weight excluding hydrogens is 351 g/mol. The van der Waals surface area contributed by atoms with Crippen LogP contribution in [0.2, 0.25) is 0 Å². The van der Waals surface area contributed by atoms with Gasteiger partial charge >= 0.3 is 6.36 Å². The Morgan fingerprint density at radius 3 is 2.46 bits per heavy atom. The summed E-state index contributed by atoms with van der Waals surface area (Å²) in [6.07, 6.45) is -5.18. The number of hydrogen-bond acceptors (Lipinski definition) is 6. The average molecular weight is 362 g/mol. The summed E-state index contributed by atoms with van der Waals surface area (Å²) >= 11 is 1.03. The Bertz CT molecular complexity index is 647. The minimum absolute atomic E-state index is 0.0999. The Kier molecular flexibility index (Phi) is 5.37. The van der Waals surface area contributed by atoms with E-state index in [4.69, 9.17) is 0 Å².